The molecule has 0 spiro atoms. The van der Waals surface area contributed by atoms with Crippen LogP contribution in [0.2, 0.25) is 0 Å². The van der Waals surface area contributed by atoms with Crippen LogP contribution in [-0.4, -0.2) is 4.70 Å². The minimum atomic E-state index is 0. The van der Waals surface area contributed by atoms with Crippen molar-refractivity contribution in [2.45, 2.75) is 0 Å². The van der Waals surface area contributed by atoms with Crippen molar-refractivity contribution in [2.75, 3.05) is 0 Å². The molecule has 18 valence electrons. The first-order valence-electron chi connectivity index (χ1n) is 0.471. The maximum absolute atomic E-state index is 4.08. The van der Waals surface area contributed by atoms with Gasteiger partial charge in [0.05, 0.1) is 0 Å². The van der Waals surface area contributed by atoms with E-state index in [4.69, 9.17) is 0 Å². The Labute approximate surface area is 79.2 Å². The Balaban J connectivity index is 0. The first kappa shape index (κ1) is 9.34. The average Bonchev–Trinajstić information content (AvgIpc) is 0.918. The molecule has 0 bridgehead atoms. The van der Waals surface area contributed by atoms with Crippen LogP contribution in [0.5, 0.6) is 0 Å². The molecule has 0 rings (SSSR count). The number of thiocarbonyl (C=S) groups is 1. The normalized spacial score (nSPS) is 3.00. The van der Waals surface area contributed by atoms with Crippen LogP contribution in [0.1, 0.15) is 0 Å². The largest absolute Gasteiger partial charge is 1.00 e. The van der Waals surface area contributed by atoms with Crippen molar-refractivity contribution in [3.63, 3.8) is 0 Å². The SMILES string of the molecule is S=C[S-].[K+]. The number of hydrogen-bond donors (Lipinski definition) is 0. The van der Waals surface area contributed by atoms with Crippen LogP contribution in [0.15, 0.2) is 0 Å². The second kappa shape index (κ2) is 8.87. The molecule has 0 radical (unpaired) electrons. The number of hydrogen-bond acceptors (Lipinski definition) is 2. The Morgan fingerprint density at radius 1 is 1.75 bits per heavy atom. The summed E-state index contributed by atoms with van der Waals surface area (Å²) in [6, 6.07) is 0. The molecule has 0 aromatic rings. The van der Waals surface area contributed by atoms with Gasteiger partial charge in [-0.15, -0.1) is 0 Å². The molecular weight excluding hydrogens is 115 g/mol. The Morgan fingerprint density at radius 3 is 1.75 bits per heavy atom. The maximum Gasteiger partial charge on any atom is 1.00 e. The van der Waals surface area contributed by atoms with Crippen LogP contribution in [0.3, 0.4) is 0 Å². The molecule has 0 aromatic heterocycles. The van der Waals surface area contributed by atoms with Gasteiger partial charge in [-0.05, 0) is 0 Å². The quantitative estimate of drug-likeness (QED) is 0.195. The van der Waals surface area contributed by atoms with E-state index < -0.39 is 0 Å². The molecule has 0 nitrogen and oxygen atoms in total. The van der Waals surface area contributed by atoms with Crippen molar-refractivity contribution < 1.29 is 51.4 Å². The zero-order chi connectivity index (χ0) is 2.71. The van der Waals surface area contributed by atoms with E-state index in [1.54, 1.807) is 0 Å². The van der Waals surface area contributed by atoms with E-state index in [0.717, 1.165) is 0 Å². The van der Waals surface area contributed by atoms with Crippen LogP contribution in [0, 0.1) is 0 Å². The summed E-state index contributed by atoms with van der Waals surface area (Å²) >= 11 is 8.17. The van der Waals surface area contributed by atoms with Crippen molar-refractivity contribution in [3.05, 3.63) is 0 Å². The van der Waals surface area contributed by atoms with Gasteiger partial charge in [-0.25, -0.2) is 0 Å². The van der Waals surface area contributed by atoms with Crippen LogP contribution < -0.4 is 51.4 Å². The van der Waals surface area contributed by atoms with Crippen LogP contribution in [0.4, 0.5) is 0 Å². The van der Waals surface area contributed by atoms with Gasteiger partial charge in [0.25, 0.3) is 0 Å². The second-order valence-electron chi connectivity index (χ2n) is 0.0962. The minimum absolute atomic E-state index is 0. The summed E-state index contributed by atoms with van der Waals surface area (Å²) < 4.78 is 1.17. The van der Waals surface area contributed by atoms with Gasteiger partial charge in [0.2, 0.25) is 0 Å². The standard InChI is InChI=1S/CH2S2.K/c2-1-3;/h1H,(H,2,3);/q;+1/p-1. The molecule has 0 fully saturated rings. The van der Waals surface area contributed by atoms with Gasteiger partial charge < -0.3 is 24.8 Å². The summed E-state index contributed by atoms with van der Waals surface area (Å²) in [5, 5.41) is 0. The van der Waals surface area contributed by atoms with Gasteiger partial charge in [0.15, 0.2) is 0 Å². The van der Waals surface area contributed by atoms with Crippen LogP contribution in [-0.2, 0) is 12.6 Å². The van der Waals surface area contributed by atoms with Gasteiger partial charge >= 0.3 is 51.4 Å². The molecule has 0 aliphatic carbocycles. The molecule has 4 heavy (non-hydrogen) atoms. The Kier molecular flexibility index (Phi) is 20.7. The van der Waals surface area contributed by atoms with E-state index in [-0.39, 0.29) is 51.4 Å². The topological polar surface area (TPSA) is 0 Å². The van der Waals surface area contributed by atoms with Crippen molar-refractivity contribution >= 4 is 29.5 Å². The first-order chi connectivity index (χ1) is 1.41. The minimum Gasteiger partial charge on any atom is -0.436 e. The Bertz CT molecular complexity index is 13.5. The number of rotatable bonds is 0. The molecule has 0 atom stereocenters. The second-order valence-corrected chi connectivity index (χ2v) is 0.866. The van der Waals surface area contributed by atoms with Gasteiger partial charge in [-0.2, -0.15) is 4.70 Å². The summed E-state index contributed by atoms with van der Waals surface area (Å²) in [4.78, 5) is 0. The molecule has 0 unspecified atom stereocenters. The summed E-state index contributed by atoms with van der Waals surface area (Å²) in [5.74, 6) is 0. The fourth-order valence-corrected chi connectivity index (χ4v) is 0. The fourth-order valence-electron chi connectivity index (χ4n) is 0. The predicted molar refractivity (Wildman–Crippen MR) is 21.0 cm³/mol. The molecule has 0 heterocycles. The summed E-state index contributed by atoms with van der Waals surface area (Å²) in [6.07, 6.45) is 0. The summed E-state index contributed by atoms with van der Waals surface area (Å²) in [6.45, 7) is 0. The van der Waals surface area contributed by atoms with E-state index in [9.17, 15) is 0 Å². The first-order valence-corrected chi connectivity index (χ1v) is 1.41. The average molecular weight is 116 g/mol. The zero-order valence-electron chi connectivity index (χ0n) is 2.39. The molecule has 0 N–H and O–H groups in total. The summed E-state index contributed by atoms with van der Waals surface area (Å²) in [7, 11) is 0. The molecule has 0 aliphatic rings. The molecule has 3 heteroatoms. The van der Waals surface area contributed by atoms with Crippen molar-refractivity contribution in [1.29, 1.82) is 0 Å². The van der Waals surface area contributed by atoms with Gasteiger partial charge in [0, 0.05) is 0 Å². The summed E-state index contributed by atoms with van der Waals surface area (Å²) in [5.41, 5.74) is 0. The molecule has 0 saturated carbocycles. The van der Waals surface area contributed by atoms with Gasteiger partial charge in [-0.3, -0.25) is 0 Å². The van der Waals surface area contributed by atoms with Crippen molar-refractivity contribution in [1.82, 2.24) is 0 Å². The van der Waals surface area contributed by atoms with E-state index in [2.05, 4.69) is 24.8 Å². The predicted octanol–water partition coefficient (Wildman–Crippen LogP) is -2.51. The van der Waals surface area contributed by atoms with E-state index >= 15 is 0 Å². The van der Waals surface area contributed by atoms with Gasteiger partial charge in [-0.1, -0.05) is 0 Å². The van der Waals surface area contributed by atoms with Crippen LogP contribution in [0.25, 0.3) is 0 Å². The third kappa shape index (κ3) is 9.04. The van der Waals surface area contributed by atoms with Gasteiger partial charge in [0.1, 0.15) is 0 Å². The van der Waals surface area contributed by atoms with E-state index in [1.165, 1.54) is 4.70 Å². The maximum atomic E-state index is 4.08. The zero-order valence-corrected chi connectivity index (χ0v) is 7.15. The Hall–Kier alpha value is 1.95. The van der Waals surface area contributed by atoms with Crippen molar-refractivity contribution in [3.8, 4) is 0 Å². The fraction of sp³-hybridized carbons (Fsp3) is 0. The van der Waals surface area contributed by atoms with Crippen LogP contribution >= 0.6 is 12.2 Å². The Morgan fingerprint density at radius 2 is 1.75 bits per heavy atom. The molecule has 0 amide bonds. The molecule has 0 saturated heterocycles. The third-order valence-corrected chi connectivity index (χ3v) is 0. The van der Waals surface area contributed by atoms with E-state index in [1.807, 2.05) is 0 Å². The van der Waals surface area contributed by atoms with Crippen molar-refractivity contribution in [2.24, 2.45) is 0 Å². The smallest absolute Gasteiger partial charge is 0.436 e. The third-order valence-electron chi connectivity index (χ3n) is 0. The monoisotopic (exact) mass is 116 g/mol. The molecular formula is CHKS2. The van der Waals surface area contributed by atoms with E-state index in [0.29, 0.717) is 0 Å². The molecule has 0 aliphatic heterocycles. The molecule has 0 aromatic carbocycles.